The molecule has 1 N–H and O–H groups in total. The molecule has 2 aromatic rings. The molecule has 0 radical (unpaired) electrons. The molecule has 0 saturated heterocycles. The number of benzene rings is 2. The lowest BCUT2D eigenvalue weighted by Crippen LogP contribution is -2.30. The molecule has 1 amide bonds. The van der Waals surface area contributed by atoms with Crippen molar-refractivity contribution in [3.8, 4) is 17.6 Å². The van der Waals surface area contributed by atoms with E-state index in [0.717, 1.165) is 11.1 Å². The predicted octanol–water partition coefficient (Wildman–Crippen LogP) is 3.80. The van der Waals surface area contributed by atoms with Crippen LogP contribution in [-0.2, 0) is 14.3 Å². The lowest BCUT2D eigenvalue weighted by atomic mass is 10.1. The van der Waals surface area contributed by atoms with Crippen LogP contribution in [0.15, 0.2) is 42.5 Å². The highest BCUT2D eigenvalue weighted by Gasteiger charge is 2.18. The first-order valence-electron chi connectivity index (χ1n) is 9.29. The van der Waals surface area contributed by atoms with Gasteiger partial charge in [-0.05, 0) is 55.7 Å². The number of hydrogen-bond acceptors (Lipinski definition) is 6. The quantitative estimate of drug-likeness (QED) is 0.527. The highest BCUT2D eigenvalue weighted by molar-refractivity contribution is 5.97. The summed E-state index contributed by atoms with van der Waals surface area (Å²) in [5.41, 5.74) is 3.24. The first-order valence-corrected chi connectivity index (χ1v) is 9.29. The average molecular weight is 408 g/mol. The molecule has 7 heteroatoms. The normalized spacial score (nSPS) is 11.4. The molecule has 2 aromatic carbocycles. The molecule has 0 aliphatic rings. The molecular formula is C23H24N2O5. The molecule has 2 rings (SSSR count). The summed E-state index contributed by atoms with van der Waals surface area (Å²) in [6, 6.07) is 12.6. The Kier molecular flexibility index (Phi) is 8.00. The second-order valence-electron chi connectivity index (χ2n) is 6.53. The zero-order chi connectivity index (χ0) is 22.1. The number of esters is 1. The molecule has 0 aromatic heterocycles. The van der Waals surface area contributed by atoms with E-state index in [9.17, 15) is 9.59 Å². The summed E-state index contributed by atoms with van der Waals surface area (Å²) in [6.45, 7) is 5.21. The van der Waals surface area contributed by atoms with E-state index in [1.807, 2.05) is 38.1 Å². The number of nitrogens with zero attached hydrogens (tertiary/aromatic N) is 1. The summed E-state index contributed by atoms with van der Waals surface area (Å²) in [6.07, 6.45) is 1.81. The van der Waals surface area contributed by atoms with Crippen LogP contribution in [0, 0.1) is 25.2 Å². The van der Waals surface area contributed by atoms with E-state index >= 15 is 0 Å². The van der Waals surface area contributed by atoms with Crippen molar-refractivity contribution in [3.63, 3.8) is 0 Å². The zero-order valence-electron chi connectivity index (χ0n) is 17.4. The van der Waals surface area contributed by atoms with E-state index < -0.39 is 18.0 Å². The van der Waals surface area contributed by atoms with E-state index in [1.54, 1.807) is 18.2 Å². The van der Waals surface area contributed by atoms with Crippen molar-refractivity contribution >= 4 is 23.6 Å². The number of carbonyl (C=O) groups is 2. The molecule has 7 nitrogen and oxygen atoms in total. The molecule has 1 atom stereocenters. The highest BCUT2D eigenvalue weighted by atomic mass is 16.5. The van der Waals surface area contributed by atoms with Crippen LogP contribution >= 0.6 is 0 Å². The smallest absolute Gasteiger partial charge is 0.331 e. The Morgan fingerprint density at radius 3 is 2.50 bits per heavy atom. The van der Waals surface area contributed by atoms with Crippen molar-refractivity contribution < 1.29 is 23.8 Å². The van der Waals surface area contributed by atoms with Crippen molar-refractivity contribution in [1.82, 2.24) is 0 Å². The zero-order valence-corrected chi connectivity index (χ0v) is 17.4. The molecule has 0 saturated carbocycles. The lowest BCUT2D eigenvalue weighted by Gasteiger charge is -2.15. The third kappa shape index (κ3) is 6.11. The number of rotatable bonds is 8. The van der Waals surface area contributed by atoms with Crippen LogP contribution in [0.4, 0.5) is 5.69 Å². The summed E-state index contributed by atoms with van der Waals surface area (Å²) >= 11 is 0. The number of nitrogens with one attached hydrogen (secondary N) is 1. The van der Waals surface area contributed by atoms with Crippen molar-refractivity contribution in [2.45, 2.75) is 26.9 Å². The van der Waals surface area contributed by atoms with Gasteiger partial charge in [0.1, 0.15) is 6.07 Å². The van der Waals surface area contributed by atoms with Gasteiger partial charge in [-0.15, -0.1) is 0 Å². The molecule has 0 heterocycles. The molecule has 0 bridgehead atoms. The van der Waals surface area contributed by atoms with Gasteiger partial charge in [-0.1, -0.05) is 24.3 Å². The van der Waals surface area contributed by atoms with Crippen LogP contribution in [0.25, 0.3) is 6.08 Å². The Hall–Kier alpha value is -3.79. The summed E-state index contributed by atoms with van der Waals surface area (Å²) in [5.74, 6) is -0.199. The van der Waals surface area contributed by atoms with E-state index in [0.29, 0.717) is 22.7 Å². The largest absolute Gasteiger partial charge is 0.493 e. The van der Waals surface area contributed by atoms with Crippen molar-refractivity contribution in [2.24, 2.45) is 0 Å². The van der Waals surface area contributed by atoms with Gasteiger partial charge in [-0.25, -0.2) is 4.79 Å². The number of hydrogen-bond donors (Lipinski definition) is 1. The van der Waals surface area contributed by atoms with Gasteiger partial charge in [-0.3, -0.25) is 4.79 Å². The van der Waals surface area contributed by atoms with Crippen LogP contribution in [0.2, 0.25) is 0 Å². The van der Waals surface area contributed by atoms with Gasteiger partial charge < -0.3 is 19.5 Å². The number of aryl methyl sites for hydroxylation is 2. The standard InChI is InChI=1S/C23H24N2O5/c1-15-6-5-7-16(2)22(15)25-23(27)17(3)30-21(26)11-9-18-8-10-19(29-13-12-24)20(14-18)28-4/h5-11,14,17H,13H2,1-4H3,(H,25,27)/b11-9+/t17-/m1/s1. The SMILES string of the molecule is COc1cc(/C=C/C(=O)O[C@H](C)C(=O)Nc2c(C)cccc2C)ccc1OCC#N. The van der Waals surface area contributed by atoms with Gasteiger partial charge in [0.05, 0.1) is 7.11 Å². The predicted molar refractivity (Wildman–Crippen MR) is 113 cm³/mol. The van der Waals surface area contributed by atoms with Crippen molar-refractivity contribution in [3.05, 3.63) is 59.2 Å². The maximum Gasteiger partial charge on any atom is 0.331 e. The van der Waals surface area contributed by atoms with E-state index in [-0.39, 0.29) is 6.61 Å². The van der Waals surface area contributed by atoms with Crippen LogP contribution in [0.3, 0.4) is 0 Å². The number of ether oxygens (including phenoxy) is 3. The number of nitriles is 1. The molecule has 0 aliphatic carbocycles. The van der Waals surface area contributed by atoms with Gasteiger partial charge >= 0.3 is 5.97 Å². The Morgan fingerprint density at radius 1 is 1.17 bits per heavy atom. The van der Waals surface area contributed by atoms with Gasteiger partial charge in [-0.2, -0.15) is 5.26 Å². The molecule has 0 unspecified atom stereocenters. The van der Waals surface area contributed by atoms with Crippen LogP contribution in [-0.4, -0.2) is 31.7 Å². The van der Waals surface area contributed by atoms with Crippen LogP contribution in [0.1, 0.15) is 23.6 Å². The van der Waals surface area contributed by atoms with Crippen molar-refractivity contribution in [2.75, 3.05) is 19.0 Å². The molecule has 0 aliphatic heterocycles. The molecule has 0 spiro atoms. The van der Waals surface area contributed by atoms with E-state index in [4.69, 9.17) is 19.5 Å². The van der Waals surface area contributed by atoms with Gasteiger partial charge in [0.2, 0.25) is 0 Å². The van der Waals surface area contributed by atoms with Crippen molar-refractivity contribution in [1.29, 1.82) is 5.26 Å². The van der Waals surface area contributed by atoms with E-state index in [2.05, 4.69) is 5.32 Å². The minimum absolute atomic E-state index is 0.0974. The number of carbonyl (C=O) groups excluding carboxylic acids is 2. The third-order valence-corrected chi connectivity index (χ3v) is 4.28. The Morgan fingerprint density at radius 2 is 1.87 bits per heavy atom. The first kappa shape index (κ1) is 22.5. The fourth-order valence-electron chi connectivity index (χ4n) is 2.68. The fourth-order valence-corrected chi connectivity index (χ4v) is 2.68. The Balaban J connectivity index is 1.98. The van der Waals surface area contributed by atoms with Gasteiger partial charge in [0.25, 0.3) is 5.91 Å². The third-order valence-electron chi connectivity index (χ3n) is 4.28. The number of amides is 1. The first-order chi connectivity index (χ1) is 14.3. The molecule has 156 valence electrons. The molecule has 0 fully saturated rings. The maximum atomic E-state index is 12.4. The maximum absolute atomic E-state index is 12.4. The van der Waals surface area contributed by atoms with Gasteiger partial charge in [0, 0.05) is 11.8 Å². The minimum Gasteiger partial charge on any atom is -0.493 e. The summed E-state index contributed by atoms with van der Waals surface area (Å²) in [4.78, 5) is 24.5. The van der Waals surface area contributed by atoms with E-state index in [1.165, 1.54) is 26.2 Å². The second-order valence-corrected chi connectivity index (χ2v) is 6.53. The summed E-state index contributed by atoms with van der Waals surface area (Å²) in [5, 5.41) is 11.4. The molecular weight excluding hydrogens is 384 g/mol. The number of methoxy groups -OCH3 is 1. The number of anilines is 1. The van der Waals surface area contributed by atoms with Crippen LogP contribution in [0.5, 0.6) is 11.5 Å². The number of para-hydroxylation sites is 1. The topological polar surface area (TPSA) is 97.7 Å². The Bertz CT molecular complexity index is 971. The minimum atomic E-state index is -0.961. The Labute approximate surface area is 175 Å². The lowest BCUT2D eigenvalue weighted by molar-refractivity contribution is -0.148. The summed E-state index contributed by atoms with van der Waals surface area (Å²) < 4.78 is 15.7. The fraction of sp³-hybridized carbons (Fsp3) is 0.261. The molecule has 30 heavy (non-hydrogen) atoms. The van der Waals surface area contributed by atoms with Gasteiger partial charge in [0.15, 0.2) is 24.2 Å². The summed E-state index contributed by atoms with van der Waals surface area (Å²) in [7, 11) is 1.48. The highest BCUT2D eigenvalue weighted by Crippen LogP contribution is 2.28. The monoisotopic (exact) mass is 408 g/mol. The second kappa shape index (κ2) is 10.7. The average Bonchev–Trinajstić information content (AvgIpc) is 2.73. The van der Waals surface area contributed by atoms with Crippen LogP contribution < -0.4 is 14.8 Å².